The summed E-state index contributed by atoms with van der Waals surface area (Å²) in [6, 6.07) is 5.94. The van der Waals surface area contributed by atoms with Crippen molar-refractivity contribution in [2.45, 2.75) is 51.6 Å². The minimum absolute atomic E-state index is 0.297. The number of carbonyl (C=O) groups is 2. The molecule has 0 N–H and O–H groups in total. The maximum atomic E-state index is 12.4. The number of benzene rings is 1. The van der Waals surface area contributed by atoms with Crippen LogP contribution in [0.3, 0.4) is 0 Å². The van der Waals surface area contributed by atoms with Gasteiger partial charge in [-0.05, 0) is 74.8 Å². The highest BCUT2D eigenvalue weighted by Crippen LogP contribution is 2.41. The second kappa shape index (κ2) is 7.14. The van der Waals surface area contributed by atoms with Gasteiger partial charge in [-0.1, -0.05) is 12.1 Å². The SMILES string of the molecule is COC(=O)c1cc(C2=CCCN(C(=O)OC(C)(C)C)C2)cc(C2CC2)c1. The minimum Gasteiger partial charge on any atom is -0.465 e. The molecule has 0 aromatic heterocycles. The molecule has 0 saturated heterocycles. The summed E-state index contributed by atoms with van der Waals surface area (Å²) in [5.74, 6) is 0.207. The van der Waals surface area contributed by atoms with Crippen molar-refractivity contribution in [3.8, 4) is 0 Å². The lowest BCUT2D eigenvalue weighted by Gasteiger charge is -2.30. The highest BCUT2D eigenvalue weighted by atomic mass is 16.6. The first-order valence-corrected chi connectivity index (χ1v) is 9.17. The highest BCUT2D eigenvalue weighted by molar-refractivity contribution is 5.91. The third kappa shape index (κ3) is 4.45. The van der Waals surface area contributed by atoms with Gasteiger partial charge in [0.15, 0.2) is 0 Å². The molecular weight excluding hydrogens is 330 g/mol. The van der Waals surface area contributed by atoms with Crippen LogP contribution >= 0.6 is 0 Å². The van der Waals surface area contributed by atoms with E-state index in [1.807, 2.05) is 32.9 Å². The summed E-state index contributed by atoms with van der Waals surface area (Å²) in [6.07, 6.45) is 4.94. The van der Waals surface area contributed by atoms with Gasteiger partial charge in [0.05, 0.1) is 12.7 Å². The van der Waals surface area contributed by atoms with Crippen LogP contribution in [-0.2, 0) is 9.47 Å². The van der Waals surface area contributed by atoms with Crippen LogP contribution in [0.15, 0.2) is 24.3 Å². The third-order valence-electron chi connectivity index (χ3n) is 4.60. The minimum atomic E-state index is -0.512. The van der Waals surface area contributed by atoms with Gasteiger partial charge in [0.2, 0.25) is 0 Å². The number of ether oxygens (including phenoxy) is 2. The standard InChI is InChI=1S/C21H27NO4/c1-21(2,3)26-20(24)22-9-5-6-15(13-22)17-10-16(14-7-8-14)11-18(12-17)19(23)25-4/h6,10-12,14H,5,7-9,13H2,1-4H3. The molecular formula is C21H27NO4. The third-order valence-corrected chi connectivity index (χ3v) is 4.60. The van der Waals surface area contributed by atoms with Crippen LogP contribution in [0.4, 0.5) is 4.79 Å². The molecule has 0 bridgehead atoms. The Bertz CT molecular complexity index is 741. The zero-order valence-corrected chi connectivity index (χ0v) is 16.0. The predicted octanol–water partition coefficient (Wildman–Crippen LogP) is 4.37. The molecule has 0 spiro atoms. The van der Waals surface area contributed by atoms with Crippen LogP contribution in [0.5, 0.6) is 0 Å². The Labute approximate surface area is 155 Å². The summed E-state index contributed by atoms with van der Waals surface area (Å²) in [5.41, 5.74) is 3.28. The molecule has 0 radical (unpaired) electrons. The van der Waals surface area contributed by atoms with Crippen molar-refractivity contribution in [3.63, 3.8) is 0 Å². The average molecular weight is 357 g/mol. The van der Waals surface area contributed by atoms with E-state index in [2.05, 4.69) is 12.1 Å². The maximum absolute atomic E-state index is 12.4. The summed E-state index contributed by atoms with van der Waals surface area (Å²) in [4.78, 5) is 26.2. The first kappa shape index (κ1) is 18.5. The number of esters is 1. The van der Waals surface area contributed by atoms with E-state index in [0.717, 1.165) is 30.4 Å². The molecule has 1 amide bonds. The maximum Gasteiger partial charge on any atom is 0.410 e. The quantitative estimate of drug-likeness (QED) is 0.754. The van der Waals surface area contributed by atoms with E-state index < -0.39 is 5.60 Å². The van der Waals surface area contributed by atoms with Crippen molar-refractivity contribution < 1.29 is 19.1 Å². The summed E-state index contributed by atoms with van der Waals surface area (Å²) in [5, 5.41) is 0. The van der Waals surface area contributed by atoms with Crippen LogP contribution < -0.4 is 0 Å². The van der Waals surface area contributed by atoms with Crippen molar-refractivity contribution in [2.75, 3.05) is 20.2 Å². The lowest BCUT2D eigenvalue weighted by molar-refractivity contribution is 0.0272. The molecule has 5 heteroatoms. The van der Waals surface area contributed by atoms with Gasteiger partial charge in [0.25, 0.3) is 0 Å². The fourth-order valence-electron chi connectivity index (χ4n) is 3.16. The van der Waals surface area contributed by atoms with Gasteiger partial charge in [-0.3, -0.25) is 0 Å². The van der Waals surface area contributed by atoms with Gasteiger partial charge in [-0.25, -0.2) is 9.59 Å². The Morgan fingerprint density at radius 2 is 1.88 bits per heavy atom. The summed E-state index contributed by atoms with van der Waals surface area (Å²) >= 11 is 0. The predicted molar refractivity (Wildman–Crippen MR) is 100 cm³/mol. The van der Waals surface area contributed by atoms with Crippen molar-refractivity contribution in [1.29, 1.82) is 0 Å². The van der Waals surface area contributed by atoms with E-state index in [-0.39, 0.29) is 12.1 Å². The van der Waals surface area contributed by atoms with Gasteiger partial charge >= 0.3 is 12.1 Å². The molecule has 1 aromatic carbocycles. The summed E-state index contributed by atoms with van der Waals surface area (Å²) in [7, 11) is 1.40. The second-order valence-electron chi connectivity index (χ2n) is 8.03. The topological polar surface area (TPSA) is 55.8 Å². The number of carbonyl (C=O) groups excluding carboxylic acids is 2. The molecule has 140 valence electrons. The normalized spacial score (nSPS) is 17.5. The van der Waals surface area contributed by atoms with E-state index >= 15 is 0 Å². The van der Waals surface area contributed by atoms with E-state index in [1.165, 1.54) is 12.7 Å². The molecule has 5 nitrogen and oxygen atoms in total. The van der Waals surface area contributed by atoms with Crippen LogP contribution in [0.25, 0.3) is 5.57 Å². The van der Waals surface area contributed by atoms with Crippen LogP contribution in [0.1, 0.15) is 67.4 Å². The average Bonchev–Trinajstić information content (AvgIpc) is 3.44. The monoisotopic (exact) mass is 357 g/mol. The first-order valence-electron chi connectivity index (χ1n) is 9.17. The lowest BCUT2D eigenvalue weighted by Crippen LogP contribution is -2.39. The van der Waals surface area contributed by atoms with Crippen molar-refractivity contribution in [2.24, 2.45) is 0 Å². The second-order valence-corrected chi connectivity index (χ2v) is 8.03. The molecule has 0 unspecified atom stereocenters. The van der Waals surface area contributed by atoms with Gasteiger partial charge < -0.3 is 14.4 Å². The highest BCUT2D eigenvalue weighted by Gasteiger charge is 2.28. The molecule has 1 aliphatic carbocycles. The summed E-state index contributed by atoms with van der Waals surface area (Å²) in [6.45, 7) is 6.74. The Morgan fingerprint density at radius 1 is 1.15 bits per heavy atom. The Hall–Kier alpha value is -2.30. The Balaban J connectivity index is 1.83. The summed E-state index contributed by atoms with van der Waals surface area (Å²) < 4.78 is 10.4. The molecule has 1 saturated carbocycles. The molecule has 1 fully saturated rings. The smallest absolute Gasteiger partial charge is 0.410 e. The molecule has 26 heavy (non-hydrogen) atoms. The van der Waals surface area contributed by atoms with Gasteiger partial charge in [0.1, 0.15) is 5.60 Å². The largest absolute Gasteiger partial charge is 0.465 e. The number of hydrogen-bond acceptors (Lipinski definition) is 4. The molecule has 1 aromatic rings. The van der Waals surface area contributed by atoms with Crippen LogP contribution in [0.2, 0.25) is 0 Å². The number of nitrogens with zero attached hydrogens (tertiary/aromatic N) is 1. The van der Waals surface area contributed by atoms with E-state index in [4.69, 9.17) is 9.47 Å². The molecule has 1 heterocycles. The first-order chi connectivity index (χ1) is 12.3. The van der Waals surface area contributed by atoms with Crippen LogP contribution in [-0.4, -0.2) is 42.8 Å². The number of methoxy groups -OCH3 is 1. The molecule has 0 atom stereocenters. The van der Waals surface area contributed by atoms with Crippen molar-refractivity contribution in [1.82, 2.24) is 4.90 Å². The Morgan fingerprint density at radius 3 is 2.50 bits per heavy atom. The molecule has 1 aliphatic heterocycles. The van der Waals surface area contributed by atoms with E-state index in [0.29, 0.717) is 24.6 Å². The van der Waals surface area contributed by atoms with Crippen LogP contribution in [0, 0.1) is 0 Å². The van der Waals surface area contributed by atoms with Gasteiger partial charge in [-0.15, -0.1) is 0 Å². The number of rotatable bonds is 3. The number of amides is 1. The Kier molecular flexibility index (Phi) is 5.08. The van der Waals surface area contributed by atoms with E-state index in [1.54, 1.807) is 4.90 Å². The van der Waals surface area contributed by atoms with Crippen molar-refractivity contribution in [3.05, 3.63) is 41.0 Å². The molecule has 2 aliphatic rings. The number of hydrogen-bond donors (Lipinski definition) is 0. The zero-order valence-electron chi connectivity index (χ0n) is 16.0. The lowest BCUT2D eigenvalue weighted by atomic mass is 9.95. The zero-order chi connectivity index (χ0) is 18.9. The van der Waals surface area contributed by atoms with Crippen molar-refractivity contribution >= 4 is 17.6 Å². The van der Waals surface area contributed by atoms with E-state index in [9.17, 15) is 9.59 Å². The van der Waals surface area contributed by atoms with Gasteiger partial charge in [-0.2, -0.15) is 0 Å². The fourth-order valence-corrected chi connectivity index (χ4v) is 3.16. The van der Waals surface area contributed by atoms with Gasteiger partial charge in [0, 0.05) is 13.1 Å². The fraction of sp³-hybridized carbons (Fsp3) is 0.524. The molecule has 3 rings (SSSR count).